The van der Waals surface area contributed by atoms with Crippen LogP contribution >= 0.6 is 0 Å². The van der Waals surface area contributed by atoms with Crippen LogP contribution in [-0.2, 0) is 15.9 Å². The summed E-state index contributed by atoms with van der Waals surface area (Å²) in [6.07, 6.45) is 0.711. The number of aryl methyl sites for hydroxylation is 1. The third-order valence-corrected chi connectivity index (χ3v) is 4.51. The van der Waals surface area contributed by atoms with Gasteiger partial charge in [-0.15, -0.1) is 0 Å². The number of aliphatic hydroxyl groups excluding tert-OH is 1. The molecule has 2 fully saturated rings. The molecule has 0 aliphatic carbocycles. The first-order valence-corrected chi connectivity index (χ1v) is 7.70. The Hall–Kier alpha value is -1.63. The zero-order valence-corrected chi connectivity index (χ0v) is 12.2. The molecular weight excluding hydrogens is 286 g/mol. The van der Waals surface area contributed by atoms with E-state index in [1.54, 1.807) is 6.07 Å². The summed E-state index contributed by atoms with van der Waals surface area (Å²) in [5.41, 5.74) is 1.69. The maximum atomic E-state index is 12.4. The van der Waals surface area contributed by atoms with Gasteiger partial charge in [-0.25, -0.2) is 0 Å². The second-order valence-electron chi connectivity index (χ2n) is 6.02. The quantitative estimate of drug-likeness (QED) is 0.820. The predicted octanol–water partition coefficient (Wildman–Crippen LogP) is 0.269. The lowest BCUT2D eigenvalue weighted by molar-refractivity contribution is 0.0178. The van der Waals surface area contributed by atoms with Crippen LogP contribution in [0.5, 0.6) is 5.75 Å². The zero-order chi connectivity index (χ0) is 15.1. The van der Waals surface area contributed by atoms with E-state index in [1.165, 1.54) is 0 Å². The van der Waals surface area contributed by atoms with E-state index in [0.29, 0.717) is 12.2 Å². The minimum Gasteiger partial charge on any atom is -0.493 e. The number of carbonyl (C=O) groups excluding carboxylic acids is 1. The number of ether oxygens (including phenoxy) is 3. The molecule has 0 saturated carbocycles. The predicted molar refractivity (Wildman–Crippen MR) is 77.0 cm³/mol. The molecule has 2 N–H and O–H groups in total. The number of carbonyl (C=O) groups is 1. The molecule has 6 nitrogen and oxygen atoms in total. The van der Waals surface area contributed by atoms with Gasteiger partial charge in [0.25, 0.3) is 5.91 Å². The lowest BCUT2D eigenvalue weighted by Crippen LogP contribution is -2.44. The van der Waals surface area contributed by atoms with Gasteiger partial charge in [0, 0.05) is 5.56 Å². The fourth-order valence-corrected chi connectivity index (χ4v) is 3.36. The third kappa shape index (κ3) is 2.37. The van der Waals surface area contributed by atoms with Gasteiger partial charge < -0.3 is 24.6 Å². The van der Waals surface area contributed by atoms with E-state index < -0.39 is 6.10 Å². The summed E-state index contributed by atoms with van der Waals surface area (Å²) < 4.78 is 16.6. The number of hydrogen-bond acceptors (Lipinski definition) is 5. The fraction of sp³-hybridized carbons (Fsp3) is 0.562. The molecule has 0 unspecified atom stereocenters. The number of rotatable bonds is 2. The van der Waals surface area contributed by atoms with Crippen molar-refractivity contribution in [2.75, 3.05) is 19.8 Å². The normalized spacial score (nSPS) is 33.0. The van der Waals surface area contributed by atoms with Crippen molar-refractivity contribution in [3.63, 3.8) is 0 Å². The maximum Gasteiger partial charge on any atom is 0.251 e. The lowest BCUT2D eigenvalue weighted by Gasteiger charge is -2.20. The molecule has 6 heteroatoms. The standard InChI is InChI=1S/C16H19NO5/c18-12-8-22-14-11(7-21-15(12)14)17-16(19)10-3-4-13-9(6-10)2-1-5-20-13/h3-4,6,11-12,14-15,18H,1-2,5,7-8H2,(H,17,19)/t11-,12-,14-,15-/m1/s1. The molecule has 3 heterocycles. The average Bonchev–Trinajstić information content (AvgIpc) is 3.11. The first kappa shape index (κ1) is 14.0. The molecule has 3 aliphatic rings. The molecule has 0 bridgehead atoms. The van der Waals surface area contributed by atoms with E-state index in [2.05, 4.69) is 5.32 Å². The zero-order valence-electron chi connectivity index (χ0n) is 12.2. The van der Waals surface area contributed by atoms with Crippen LogP contribution < -0.4 is 10.1 Å². The highest BCUT2D eigenvalue weighted by Crippen LogP contribution is 2.28. The first-order chi connectivity index (χ1) is 10.7. The van der Waals surface area contributed by atoms with E-state index in [1.807, 2.05) is 12.1 Å². The van der Waals surface area contributed by atoms with Crippen LogP contribution in [0, 0.1) is 0 Å². The van der Waals surface area contributed by atoms with Crippen molar-refractivity contribution >= 4 is 5.91 Å². The van der Waals surface area contributed by atoms with Crippen LogP contribution in [0.1, 0.15) is 22.3 Å². The lowest BCUT2D eigenvalue weighted by atomic mass is 10.0. The third-order valence-electron chi connectivity index (χ3n) is 4.51. The van der Waals surface area contributed by atoms with Crippen LogP contribution in [0.25, 0.3) is 0 Å². The highest BCUT2D eigenvalue weighted by molar-refractivity contribution is 5.94. The van der Waals surface area contributed by atoms with Crippen molar-refractivity contribution < 1.29 is 24.1 Å². The summed E-state index contributed by atoms with van der Waals surface area (Å²) in [5.74, 6) is 0.724. The van der Waals surface area contributed by atoms with Crippen molar-refractivity contribution in [2.24, 2.45) is 0 Å². The van der Waals surface area contributed by atoms with Crippen molar-refractivity contribution in [2.45, 2.75) is 37.2 Å². The van der Waals surface area contributed by atoms with Crippen molar-refractivity contribution in [1.82, 2.24) is 5.32 Å². The number of benzene rings is 1. The topological polar surface area (TPSA) is 77.0 Å². The van der Waals surface area contributed by atoms with Gasteiger partial charge in [0.1, 0.15) is 24.1 Å². The smallest absolute Gasteiger partial charge is 0.251 e. The Morgan fingerprint density at radius 2 is 2.09 bits per heavy atom. The van der Waals surface area contributed by atoms with Gasteiger partial charge in [-0.05, 0) is 36.6 Å². The van der Waals surface area contributed by atoms with Gasteiger partial charge >= 0.3 is 0 Å². The molecule has 0 spiro atoms. The van der Waals surface area contributed by atoms with Gasteiger partial charge in [0.05, 0.1) is 25.9 Å². The molecule has 1 aromatic rings. The Morgan fingerprint density at radius 1 is 1.23 bits per heavy atom. The Labute approximate surface area is 128 Å². The van der Waals surface area contributed by atoms with E-state index in [-0.39, 0.29) is 30.8 Å². The van der Waals surface area contributed by atoms with Crippen LogP contribution in [-0.4, -0.2) is 55.2 Å². The molecule has 118 valence electrons. The second-order valence-corrected chi connectivity index (χ2v) is 6.02. The van der Waals surface area contributed by atoms with Crippen molar-refractivity contribution in [1.29, 1.82) is 0 Å². The molecule has 4 atom stereocenters. The summed E-state index contributed by atoms with van der Waals surface area (Å²) >= 11 is 0. The molecule has 22 heavy (non-hydrogen) atoms. The summed E-state index contributed by atoms with van der Waals surface area (Å²) in [6.45, 7) is 1.37. The second kappa shape index (κ2) is 5.53. The van der Waals surface area contributed by atoms with Crippen LogP contribution in [0.2, 0.25) is 0 Å². The summed E-state index contributed by atoms with van der Waals surface area (Å²) in [7, 11) is 0. The molecule has 3 aliphatic heterocycles. The molecule has 1 aromatic carbocycles. The van der Waals surface area contributed by atoms with Crippen LogP contribution in [0.4, 0.5) is 0 Å². The fourth-order valence-electron chi connectivity index (χ4n) is 3.36. The van der Waals surface area contributed by atoms with Crippen molar-refractivity contribution in [3.8, 4) is 5.75 Å². The SMILES string of the molecule is O=C(N[C@@H]1CO[C@H]2[C@@H]1OC[C@H]2O)c1ccc2c(c1)CCCO2. The van der Waals surface area contributed by atoms with E-state index in [9.17, 15) is 9.90 Å². The number of hydrogen-bond donors (Lipinski definition) is 2. The molecule has 0 radical (unpaired) electrons. The Balaban J connectivity index is 1.46. The van der Waals surface area contributed by atoms with E-state index >= 15 is 0 Å². The summed E-state index contributed by atoms with van der Waals surface area (Å²) in [6, 6.07) is 5.30. The minimum absolute atomic E-state index is 0.146. The van der Waals surface area contributed by atoms with Crippen LogP contribution in [0.15, 0.2) is 18.2 Å². The van der Waals surface area contributed by atoms with Gasteiger partial charge in [0.15, 0.2) is 0 Å². The van der Waals surface area contributed by atoms with Crippen molar-refractivity contribution in [3.05, 3.63) is 29.3 Å². The Bertz CT molecular complexity index is 590. The highest BCUT2D eigenvalue weighted by atomic mass is 16.6. The van der Waals surface area contributed by atoms with Crippen LogP contribution in [0.3, 0.4) is 0 Å². The van der Waals surface area contributed by atoms with Gasteiger partial charge in [-0.1, -0.05) is 0 Å². The summed E-state index contributed by atoms with van der Waals surface area (Å²) in [5, 5.41) is 12.7. The minimum atomic E-state index is -0.604. The van der Waals surface area contributed by atoms with Gasteiger partial charge in [0.2, 0.25) is 0 Å². The van der Waals surface area contributed by atoms with E-state index in [0.717, 1.165) is 30.8 Å². The number of amides is 1. The Morgan fingerprint density at radius 3 is 3.00 bits per heavy atom. The number of fused-ring (bicyclic) bond motifs is 2. The summed E-state index contributed by atoms with van der Waals surface area (Å²) in [4.78, 5) is 12.4. The Kier molecular flexibility index (Phi) is 3.52. The van der Waals surface area contributed by atoms with E-state index in [4.69, 9.17) is 14.2 Å². The molecule has 0 aromatic heterocycles. The van der Waals surface area contributed by atoms with Gasteiger partial charge in [-0.3, -0.25) is 4.79 Å². The number of aliphatic hydroxyl groups is 1. The number of nitrogens with one attached hydrogen (secondary N) is 1. The average molecular weight is 305 g/mol. The highest BCUT2D eigenvalue weighted by Gasteiger charge is 2.47. The largest absolute Gasteiger partial charge is 0.493 e. The monoisotopic (exact) mass is 305 g/mol. The molecule has 1 amide bonds. The maximum absolute atomic E-state index is 12.4. The molecule has 4 rings (SSSR count). The first-order valence-electron chi connectivity index (χ1n) is 7.70. The molecular formula is C16H19NO5. The molecule has 2 saturated heterocycles. The van der Waals surface area contributed by atoms with Gasteiger partial charge in [-0.2, -0.15) is 0 Å².